The Bertz CT molecular complexity index is 1350. The summed E-state index contributed by atoms with van der Waals surface area (Å²) in [4.78, 5) is 36.9. The van der Waals surface area contributed by atoms with Crippen molar-refractivity contribution in [2.24, 2.45) is 46.3 Å². The molecule has 4 saturated carbocycles. The van der Waals surface area contributed by atoms with Crippen LogP contribution in [0, 0.1) is 46.3 Å². The van der Waals surface area contributed by atoms with Gasteiger partial charge in [-0.1, -0.05) is 27.2 Å². The molecule has 13 heteroatoms. The Morgan fingerprint density at radius 1 is 1.04 bits per heavy atom. The maximum absolute atomic E-state index is 12.9. The van der Waals surface area contributed by atoms with Crippen LogP contribution in [0.4, 0.5) is 4.79 Å². The number of carbonyl (C=O) groups excluding carboxylic acids is 3. The molecular weight excluding hydrogens is 667 g/mol. The van der Waals surface area contributed by atoms with E-state index in [9.17, 15) is 27.9 Å². The molecule has 0 aromatic rings. The lowest BCUT2D eigenvalue weighted by atomic mass is 9.43. The van der Waals surface area contributed by atoms with Crippen LogP contribution >= 0.6 is 11.8 Å². The lowest BCUT2D eigenvalue weighted by Crippen LogP contribution is -2.58. The van der Waals surface area contributed by atoms with Crippen molar-refractivity contribution in [3.05, 3.63) is 0 Å². The molecule has 11 nitrogen and oxygen atoms in total. The van der Waals surface area contributed by atoms with E-state index in [1.54, 1.807) is 0 Å². The van der Waals surface area contributed by atoms with Crippen LogP contribution < -0.4 is 16.0 Å². The predicted molar refractivity (Wildman–Crippen MR) is 188 cm³/mol. The van der Waals surface area contributed by atoms with E-state index in [1.165, 1.54) is 0 Å². The van der Waals surface area contributed by atoms with Gasteiger partial charge in [0.2, 0.25) is 5.91 Å². The fraction of sp³-hybridized carbons (Fsp3) is 0.917. The van der Waals surface area contributed by atoms with Crippen molar-refractivity contribution in [2.75, 3.05) is 18.1 Å². The zero-order valence-corrected chi connectivity index (χ0v) is 31.2. The summed E-state index contributed by atoms with van der Waals surface area (Å²) in [6, 6.07) is 0.359. The monoisotopic (exact) mass is 725 g/mol. The number of fused-ring (bicyclic) bond motifs is 6. The van der Waals surface area contributed by atoms with Gasteiger partial charge in [-0.15, -0.1) is 0 Å². The van der Waals surface area contributed by atoms with Gasteiger partial charge < -0.3 is 25.8 Å². The van der Waals surface area contributed by atoms with E-state index in [4.69, 9.17) is 9.29 Å². The molecule has 2 heterocycles. The molecule has 0 radical (unpaired) electrons. The number of ether oxygens (including phenoxy) is 1. The molecule has 3 amide bonds. The van der Waals surface area contributed by atoms with Crippen LogP contribution in [0.3, 0.4) is 0 Å². The number of nitrogens with one attached hydrogen (secondary N) is 3. The van der Waals surface area contributed by atoms with E-state index in [0.29, 0.717) is 47.7 Å². The summed E-state index contributed by atoms with van der Waals surface area (Å²) in [5.41, 5.74) is 0.262. The van der Waals surface area contributed by atoms with Crippen LogP contribution in [0.15, 0.2) is 0 Å². The van der Waals surface area contributed by atoms with Crippen molar-refractivity contribution in [2.45, 2.75) is 140 Å². The van der Waals surface area contributed by atoms with E-state index in [2.05, 4.69) is 36.7 Å². The minimum atomic E-state index is -4.09. The number of urea groups is 1. The van der Waals surface area contributed by atoms with E-state index in [1.807, 2.05) is 11.8 Å². The van der Waals surface area contributed by atoms with Gasteiger partial charge in [0.05, 0.1) is 23.9 Å². The molecule has 0 aromatic heterocycles. The lowest BCUT2D eigenvalue weighted by Gasteiger charge is -2.62. The number of aliphatic hydroxyl groups excluding tert-OH is 1. The molecule has 0 aromatic carbocycles. The number of amides is 3. The van der Waals surface area contributed by atoms with Crippen LogP contribution in [-0.2, 0) is 24.4 Å². The molecule has 6 aliphatic rings. The highest BCUT2D eigenvalue weighted by Crippen LogP contribution is 2.68. The van der Waals surface area contributed by atoms with Gasteiger partial charge in [-0.2, -0.15) is 20.2 Å². The molecule has 2 saturated heterocycles. The topological polar surface area (TPSA) is 171 Å². The second-order valence-corrected chi connectivity index (χ2v) is 19.8. The van der Waals surface area contributed by atoms with Crippen molar-refractivity contribution in [1.82, 2.24) is 16.0 Å². The first kappa shape index (κ1) is 37.2. The van der Waals surface area contributed by atoms with Crippen molar-refractivity contribution in [3.63, 3.8) is 0 Å². The third-order valence-corrected chi connectivity index (χ3v) is 16.5. The maximum atomic E-state index is 12.9. The quantitative estimate of drug-likeness (QED) is 0.0784. The first-order valence-corrected chi connectivity index (χ1v) is 21.6. The Morgan fingerprint density at radius 2 is 1.80 bits per heavy atom. The molecule has 1 unspecified atom stereocenters. The highest BCUT2D eigenvalue weighted by Gasteiger charge is 2.63. The Balaban J connectivity index is 0.964. The third kappa shape index (κ3) is 7.94. The van der Waals surface area contributed by atoms with Gasteiger partial charge in [0.1, 0.15) is 6.10 Å². The number of aliphatic hydroxyl groups is 1. The molecule has 0 spiro atoms. The third-order valence-electron chi connectivity index (χ3n) is 14.3. The normalized spacial score (nSPS) is 41.8. The molecule has 13 atom stereocenters. The first-order valence-electron chi connectivity index (χ1n) is 19.0. The maximum Gasteiger partial charge on any atom is 0.315 e. The summed E-state index contributed by atoms with van der Waals surface area (Å²) in [5.74, 6) is 2.55. The zero-order valence-electron chi connectivity index (χ0n) is 29.5. The Morgan fingerprint density at radius 3 is 2.57 bits per heavy atom. The fourth-order valence-electron chi connectivity index (χ4n) is 11.7. The smallest absolute Gasteiger partial charge is 0.315 e. The summed E-state index contributed by atoms with van der Waals surface area (Å²) in [6.45, 7) is 7.04. The van der Waals surface area contributed by atoms with Crippen molar-refractivity contribution in [3.8, 4) is 0 Å². The minimum Gasteiger partial charge on any atom is -0.462 e. The Kier molecular flexibility index (Phi) is 11.2. The van der Waals surface area contributed by atoms with E-state index in [-0.39, 0.29) is 65.5 Å². The number of hydrogen-bond donors (Lipinski definition) is 5. The van der Waals surface area contributed by atoms with Crippen LogP contribution in [0.25, 0.3) is 0 Å². The number of thioether (sulfide) groups is 1. The average Bonchev–Trinajstić information content (AvgIpc) is 3.70. The van der Waals surface area contributed by atoms with E-state index >= 15 is 0 Å². The second-order valence-electron chi connectivity index (χ2n) is 16.9. The van der Waals surface area contributed by atoms with Crippen LogP contribution in [0.5, 0.6) is 0 Å². The predicted octanol–water partition coefficient (Wildman–Crippen LogP) is 4.67. The number of rotatable bonds is 13. The molecule has 2 aliphatic heterocycles. The summed E-state index contributed by atoms with van der Waals surface area (Å²) in [6.07, 6.45) is 11.8. The van der Waals surface area contributed by atoms with E-state index in [0.717, 1.165) is 82.8 Å². The van der Waals surface area contributed by atoms with Gasteiger partial charge in [0.25, 0.3) is 10.1 Å². The summed E-state index contributed by atoms with van der Waals surface area (Å²) in [7, 11) is -4.09. The van der Waals surface area contributed by atoms with Crippen LogP contribution in [-0.4, -0.2) is 83.6 Å². The summed E-state index contributed by atoms with van der Waals surface area (Å²) >= 11 is 1.91. The number of carbonyl (C=O) groups is 3. The second kappa shape index (κ2) is 14.8. The fourth-order valence-corrected chi connectivity index (χ4v) is 13.6. The molecular formula is C36H59N3O8S2. The van der Waals surface area contributed by atoms with Crippen molar-refractivity contribution < 1.29 is 37.2 Å². The highest BCUT2D eigenvalue weighted by molar-refractivity contribution is 8.00. The Hall–Kier alpha value is -1.57. The molecule has 6 fully saturated rings. The van der Waals surface area contributed by atoms with Gasteiger partial charge in [-0.3, -0.25) is 14.1 Å². The molecule has 0 bridgehead atoms. The van der Waals surface area contributed by atoms with Gasteiger partial charge in [-0.25, -0.2) is 4.79 Å². The number of unbranched alkanes of at least 4 members (excludes halogenated alkanes) is 1. The largest absolute Gasteiger partial charge is 0.462 e. The summed E-state index contributed by atoms with van der Waals surface area (Å²) in [5, 5.41) is 20.8. The summed E-state index contributed by atoms with van der Waals surface area (Å²) < 4.78 is 36.9. The zero-order chi connectivity index (χ0) is 35.1. The molecule has 5 N–H and O–H groups in total. The van der Waals surface area contributed by atoms with Gasteiger partial charge in [0.15, 0.2) is 0 Å². The van der Waals surface area contributed by atoms with Crippen LogP contribution in [0.1, 0.15) is 111 Å². The van der Waals surface area contributed by atoms with Gasteiger partial charge in [-0.05, 0) is 117 Å². The number of esters is 1. The first-order chi connectivity index (χ1) is 23.2. The average molecular weight is 726 g/mol. The highest BCUT2D eigenvalue weighted by atomic mass is 32.2. The van der Waals surface area contributed by atoms with Gasteiger partial charge in [0, 0.05) is 30.4 Å². The minimum absolute atomic E-state index is 0.0650. The van der Waals surface area contributed by atoms with Crippen molar-refractivity contribution >= 4 is 39.8 Å². The standard InChI is InChI=1S/C36H59N3O8S2/c1-21(8-11-30(41)37-16-17-49(44,45)46)24-9-10-25-32-26(13-15-36(24,25)3)35(2)14-12-23(18-22(35)19-28(32)40)47-31(42)7-5-4-6-29-33-27(20-48-29)38-34(43)39-33/h21-29,32-33,40H,4-20H2,1-3H3,(H,37,41)(H2,38,39,43)(H,44,45,46)/t21-,22?,23-,24-,25+,26+,27+,28+,29+,32+,33+,35+,36-/m1/s1. The van der Waals surface area contributed by atoms with E-state index < -0.39 is 15.9 Å². The SMILES string of the molecule is C[C@H](CCC(=O)NCCS(=O)(=O)O)[C@H]1CC[C@H]2[C@@H]3[C@@H](O)CC4C[C@H](OC(=O)CCCC[C@@H]5SC[C@@H]6NC(=O)N[C@@H]65)CC[C@]4(C)[C@H]3CC[C@]12C. The Labute approximate surface area is 296 Å². The lowest BCUT2D eigenvalue weighted by molar-refractivity contribution is -0.183. The molecule has 4 aliphatic carbocycles. The van der Waals surface area contributed by atoms with Gasteiger partial charge >= 0.3 is 12.0 Å². The molecule has 278 valence electrons. The van der Waals surface area contributed by atoms with Crippen LogP contribution in [0.2, 0.25) is 0 Å². The molecule has 49 heavy (non-hydrogen) atoms. The molecule has 6 rings (SSSR count). The number of hydrogen-bond acceptors (Lipinski definition) is 8. The van der Waals surface area contributed by atoms with Crippen molar-refractivity contribution in [1.29, 1.82) is 0 Å².